The predicted octanol–water partition coefficient (Wildman–Crippen LogP) is 2.46. The first-order chi connectivity index (χ1) is 9.40. The van der Waals surface area contributed by atoms with Gasteiger partial charge < -0.3 is 5.73 Å². The molecular formula is C13H17FN4OS. The van der Waals surface area contributed by atoms with E-state index in [4.69, 9.17) is 5.73 Å². The fraction of sp³-hybridized carbons (Fsp3) is 0.385. The average Bonchev–Trinajstić information content (AvgIpc) is 2.72. The van der Waals surface area contributed by atoms with Gasteiger partial charge in [-0.15, -0.1) is 5.10 Å². The topological polar surface area (TPSA) is 76.7 Å². The molecule has 1 atom stereocenters. The van der Waals surface area contributed by atoms with Gasteiger partial charge in [0.15, 0.2) is 5.16 Å². The van der Waals surface area contributed by atoms with Crippen molar-refractivity contribution in [2.24, 2.45) is 5.73 Å². The van der Waals surface area contributed by atoms with Crippen molar-refractivity contribution in [3.05, 3.63) is 40.1 Å². The lowest BCUT2D eigenvalue weighted by Gasteiger charge is -2.10. The van der Waals surface area contributed by atoms with Crippen LogP contribution in [0.4, 0.5) is 4.39 Å². The van der Waals surface area contributed by atoms with E-state index in [0.29, 0.717) is 10.1 Å². The normalized spacial score (nSPS) is 12.9. The van der Waals surface area contributed by atoms with Crippen LogP contribution in [0.15, 0.2) is 33.0 Å². The number of benzene rings is 1. The Hall–Kier alpha value is -1.60. The lowest BCUT2D eigenvalue weighted by Crippen LogP contribution is -2.19. The Labute approximate surface area is 120 Å². The van der Waals surface area contributed by atoms with Crippen LogP contribution in [0.5, 0.6) is 0 Å². The summed E-state index contributed by atoms with van der Waals surface area (Å²) in [6, 6.07) is 4.58. The number of hydrogen-bond acceptors (Lipinski definition) is 4. The number of nitrogens with one attached hydrogen (secondary N) is 1. The molecule has 0 aliphatic heterocycles. The van der Waals surface area contributed by atoms with E-state index >= 15 is 0 Å². The van der Waals surface area contributed by atoms with Gasteiger partial charge >= 0.3 is 5.69 Å². The van der Waals surface area contributed by atoms with Crippen molar-refractivity contribution < 1.29 is 4.39 Å². The number of nitrogens with two attached hydrogens (primary N) is 1. The first-order valence-electron chi connectivity index (χ1n) is 6.30. The summed E-state index contributed by atoms with van der Waals surface area (Å²) in [5.74, 6) is -0.365. The van der Waals surface area contributed by atoms with Crippen molar-refractivity contribution >= 4 is 11.8 Å². The molecule has 0 spiro atoms. The Morgan fingerprint density at radius 3 is 2.65 bits per heavy atom. The molecule has 0 amide bonds. The van der Waals surface area contributed by atoms with Crippen LogP contribution in [0, 0.1) is 5.82 Å². The van der Waals surface area contributed by atoms with Crippen molar-refractivity contribution in [2.45, 2.75) is 42.9 Å². The van der Waals surface area contributed by atoms with Crippen molar-refractivity contribution in [1.29, 1.82) is 0 Å². The molecule has 108 valence electrons. The molecule has 0 aliphatic rings. The Balaban J connectivity index is 2.34. The number of hydrogen-bond donors (Lipinski definition) is 2. The van der Waals surface area contributed by atoms with Crippen molar-refractivity contribution in [2.75, 3.05) is 0 Å². The minimum atomic E-state index is -0.365. The Bertz CT molecular complexity index is 663. The van der Waals surface area contributed by atoms with Crippen LogP contribution in [0.3, 0.4) is 0 Å². The van der Waals surface area contributed by atoms with E-state index in [2.05, 4.69) is 10.2 Å². The molecule has 5 nitrogen and oxygen atoms in total. The average molecular weight is 296 g/mol. The number of halogens is 1. The molecule has 1 aromatic heterocycles. The number of aromatic amines is 1. The lowest BCUT2D eigenvalue weighted by atomic mass is 10.1. The predicted molar refractivity (Wildman–Crippen MR) is 76.4 cm³/mol. The number of rotatable bonds is 4. The zero-order valence-corrected chi connectivity index (χ0v) is 12.4. The number of H-pyrrole nitrogens is 1. The highest BCUT2D eigenvalue weighted by Crippen LogP contribution is 2.30. The smallest absolute Gasteiger partial charge is 0.324 e. The standard InChI is InChI=1S/C13H17FN4OS/c1-7(2)18-12(19)16-17-13(18)20-11-5-4-9(8(3)15)6-10(11)14/h4-8H,15H2,1-3H3,(H,16,19)/t8-/m0/s1. The van der Waals surface area contributed by atoms with Gasteiger partial charge in [-0.1, -0.05) is 6.07 Å². The van der Waals surface area contributed by atoms with E-state index in [-0.39, 0.29) is 23.6 Å². The van der Waals surface area contributed by atoms with Gasteiger partial charge in [0.1, 0.15) is 5.82 Å². The highest BCUT2D eigenvalue weighted by Gasteiger charge is 2.15. The highest BCUT2D eigenvalue weighted by molar-refractivity contribution is 7.99. The van der Waals surface area contributed by atoms with E-state index in [9.17, 15) is 9.18 Å². The SMILES string of the molecule is CC(C)n1c(Sc2ccc([C@H](C)N)cc2F)n[nH]c1=O. The molecule has 0 fully saturated rings. The first-order valence-corrected chi connectivity index (χ1v) is 7.11. The zero-order chi connectivity index (χ0) is 14.9. The molecule has 1 aromatic carbocycles. The molecule has 2 rings (SSSR count). The van der Waals surface area contributed by atoms with Crippen LogP contribution >= 0.6 is 11.8 Å². The first kappa shape index (κ1) is 14.8. The second-order valence-corrected chi connectivity index (χ2v) is 5.86. The fourth-order valence-corrected chi connectivity index (χ4v) is 2.77. The summed E-state index contributed by atoms with van der Waals surface area (Å²) in [6.07, 6.45) is 0. The van der Waals surface area contributed by atoms with E-state index < -0.39 is 0 Å². The monoisotopic (exact) mass is 296 g/mol. The maximum atomic E-state index is 14.0. The molecule has 0 aliphatic carbocycles. The van der Waals surface area contributed by atoms with Gasteiger partial charge in [0.25, 0.3) is 0 Å². The summed E-state index contributed by atoms with van der Waals surface area (Å²) in [7, 11) is 0. The highest BCUT2D eigenvalue weighted by atomic mass is 32.2. The molecule has 7 heteroatoms. The third-order valence-corrected chi connectivity index (χ3v) is 3.89. The van der Waals surface area contributed by atoms with Crippen molar-refractivity contribution in [3.63, 3.8) is 0 Å². The van der Waals surface area contributed by atoms with Crippen LogP contribution in [-0.4, -0.2) is 14.8 Å². The second-order valence-electron chi connectivity index (χ2n) is 4.86. The molecule has 0 unspecified atom stereocenters. The molecule has 0 saturated carbocycles. The van der Waals surface area contributed by atoms with E-state index in [0.717, 1.165) is 17.3 Å². The van der Waals surface area contributed by atoms with Gasteiger partial charge in [-0.2, -0.15) is 0 Å². The van der Waals surface area contributed by atoms with E-state index in [1.807, 2.05) is 13.8 Å². The molecule has 1 heterocycles. The number of aromatic nitrogens is 3. The summed E-state index contributed by atoms with van der Waals surface area (Å²) >= 11 is 1.12. The van der Waals surface area contributed by atoms with Gasteiger partial charge in [-0.05, 0) is 50.2 Å². The van der Waals surface area contributed by atoms with E-state index in [1.165, 1.54) is 10.6 Å². The minimum absolute atomic E-state index is 0.0462. The zero-order valence-electron chi connectivity index (χ0n) is 11.6. The lowest BCUT2D eigenvalue weighted by molar-refractivity contribution is 0.533. The second kappa shape index (κ2) is 5.80. The van der Waals surface area contributed by atoms with Crippen LogP contribution in [0.25, 0.3) is 0 Å². The van der Waals surface area contributed by atoms with E-state index in [1.54, 1.807) is 19.1 Å². The summed E-state index contributed by atoms with van der Waals surface area (Å²) in [5.41, 5.74) is 6.15. The van der Waals surface area contributed by atoms with Gasteiger partial charge in [0.05, 0.1) is 4.90 Å². The molecule has 20 heavy (non-hydrogen) atoms. The summed E-state index contributed by atoms with van der Waals surface area (Å²) in [6.45, 7) is 5.54. The molecular weight excluding hydrogens is 279 g/mol. The Morgan fingerprint density at radius 1 is 1.40 bits per heavy atom. The Kier molecular flexibility index (Phi) is 4.29. The molecule has 0 saturated heterocycles. The number of nitrogens with zero attached hydrogens (tertiary/aromatic N) is 2. The molecule has 3 N–H and O–H groups in total. The van der Waals surface area contributed by atoms with Crippen LogP contribution in [0.1, 0.15) is 38.4 Å². The Morgan fingerprint density at radius 2 is 2.10 bits per heavy atom. The van der Waals surface area contributed by atoms with Crippen LogP contribution in [0.2, 0.25) is 0 Å². The van der Waals surface area contributed by atoms with Crippen LogP contribution < -0.4 is 11.4 Å². The summed E-state index contributed by atoms with van der Waals surface area (Å²) in [4.78, 5) is 12.0. The third kappa shape index (κ3) is 2.94. The van der Waals surface area contributed by atoms with Gasteiger partial charge in [0.2, 0.25) is 0 Å². The van der Waals surface area contributed by atoms with Gasteiger partial charge in [0, 0.05) is 12.1 Å². The summed E-state index contributed by atoms with van der Waals surface area (Å²) < 4.78 is 15.5. The maximum Gasteiger partial charge on any atom is 0.344 e. The fourth-order valence-electron chi connectivity index (χ4n) is 1.80. The largest absolute Gasteiger partial charge is 0.344 e. The van der Waals surface area contributed by atoms with Crippen LogP contribution in [-0.2, 0) is 0 Å². The maximum absolute atomic E-state index is 14.0. The van der Waals surface area contributed by atoms with Crippen molar-refractivity contribution in [3.8, 4) is 0 Å². The van der Waals surface area contributed by atoms with Gasteiger partial charge in [-0.3, -0.25) is 4.57 Å². The summed E-state index contributed by atoms with van der Waals surface area (Å²) in [5, 5.41) is 6.75. The van der Waals surface area contributed by atoms with Crippen molar-refractivity contribution in [1.82, 2.24) is 14.8 Å². The van der Waals surface area contributed by atoms with Gasteiger partial charge in [-0.25, -0.2) is 14.3 Å². The molecule has 2 aromatic rings. The minimum Gasteiger partial charge on any atom is -0.324 e. The molecule has 0 bridgehead atoms. The third-order valence-electron chi connectivity index (χ3n) is 2.87. The quantitative estimate of drug-likeness (QED) is 0.908. The molecule has 0 radical (unpaired) electrons.